The molecule has 3 heterocycles. The maximum atomic E-state index is 11.8. The van der Waals surface area contributed by atoms with Crippen LogP contribution in [0.15, 0.2) is 22.0 Å². The number of carbonyl (C=O) groups excluding carboxylic acids is 1. The van der Waals surface area contributed by atoms with Crippen molar-refractivity contribution in [2.45, 2.75) is 19.9 Å². The SMILES string of the molecule is CCNC(=O)N1CCN(C(C)c2nc(-c3cccs3)no2)CC1. The highest BCUT2D eigenvalue weighted by Crippen LogP contribution is 2.25. The van der Waals surface area contributed by atoms with E-state index in [2.05, 4.69) is 27.3 Å². The molecule has 8 heteroatoms. The Morgan fingerprint density at radius 3 is 2.87 bits per heavy atom. The molecular formula is C15H21N5O2S. The van der Waals surface area contributed by atoms with Crippen LogP contribution in [0.3, 0.4) is 0 Å². The Hall–Kier alpha value is -1.93. The zero-order chi connectivity index (χ0) is 16.2. The van der Waals surface area contributed by atoms with Gasteiger partial charge in [-0.05, 0) is 25.3 Å². The molecule has 0 radical (unpaired) electrons. The van der Waals surface area contributed by atoms with Crippen molar-refractivity contribution in [1.29, 1.82) is 0 Å². The zero-order valence-corrected chi connectivity index (χ0v) is 14.2. The first-order chi connectivity index (χ1) is 11.2. The molecule has 1 aliphatic heterocycles. The first-order valence-corrected chi connectivity index (χ1v) is 8.71. The second kappa shape index (κ2) is 7.10. The van der Waals surface area contributed by atoms with E-state index in [-0.39, 0.29) is 12.1 Å². The number of hydrogen-bond acceptors (Lipinski definition) is 6. The zero-order valence-electron chi connectivity index (χ0n) is 13.4. The fourth-order valence-electron chi connectivity index (χ4n) is 2.64. The normalized spacial score (nSPS) is 17.2. The summed E-state index contributed by atoms with van der Waals surface area (Å²) in [6, 6.07) is 4.01. The van der Waals surface area contributed by atoms with Crippen molar-refractivity contribution in [3.8, 4) is 10.7 Å². The lowest BCUT2D eigenvalue weighted by atomic mass is 10.2. The van der Waals surface area contributed by atoms with Crippen LogP contribution in [0.1, 0.15) is 25.8 Å². The molecule has 2 aromatic rings. The summed E-state index contributed by atoms with van der Waals surface area (Å²) in [5.41, 5.74) is 0. The summed E-state index contributed by atoms with van der Waals surface area (Å²) in [5.74, 6) is 1.27. The van der Waals surface area contributed by atoms with Gasteiger partial charge in [0.05, 0.1) is 10.9 Å². The van der Waals surface area contributed by atoms with Crippen LogP contribution in [0.25, 0.3) is 10.7 Å². The van der Waals surface area contributed by atoms with Gasteiger partial charge in [-0.2, -0.15) is 4.98 Å². The molecule has 1 fully saturated rings. The molecule has 0 aliphatic carbocycles. The van der Waals surface area contributed by atoms with E-state index >= 15 is 0 Å². The Balaban J connectivity index is 1.59. The van der Waals surface area contributed by atoms with E-state index in [9.17, 15) is 4.79 Å². The van der Waals surface area contributed by atoms with Gasteiger partial charge in [0.15, 0.2) is 0 Å². The van der Waals surface area contributed by atoms with E-state index in [0.29, 0.717) is 31.3 Å². The second-order valence-corrected chi connectivity index (χ2v) is 6.42. The van der Waals surface area contributed by atoms with Gasteiger partial charge in [0.1, 0.15) is 0 Å². The molecule has 2 amide bonds. The highest BCUT2D eigenvalue weighted by atomic mass is 32.1. The van der Waals surface area contributed by atoms with Gasteiger partial charge in [-0.25, -0.2) is 4.79 Å². The average Bonchev–Trinajstić information content (AvgIpc) is 3.25. The Morgan fingerprint density at radius 2 is 2.22 bits per heavy atom. The third kappa shape index (κ3) is 3.53. The molecule has 124 valence electrons. The third-order valence-electron chi connectivity index (χ3n) is 4.02. The Labute approximate surface area is 139 Å². The Morgan fingerprint density at radius 1 is 1.43 bits per heavy atom. The van der Waals surface area contributed by atoms with Gasteiger partial charge >= 0.3 is 6.03 Å². The van der Waals surface area contributed by atoms with Crippen LogP contribution in [0, 0.1) is 0 Å². The summed E-state index contributed by atoms with van der Waals surface area (Å²) in [7, 11) is 0. The van der Waals surface area contributed by atoms with Crippen LogP contribution in [-0.4, -0.2) is 58.7 Å². The van der Waals surface area contributed by atoms with Crippen LogP contribution >= 0.6 is 11.3 Å². The largest absolute Gasteiger partial charge is 0.338 e. The predicted octanol–water partition coefficient (Wildman–Crippen LogP) is 2.21. The van der Waals surface area contributed by atoms with E-state index in [4.69, 9.17) is 4.52 Å². The third-order valence-corrected chi connectivity index (χ3v) is 4.88. The minimum absolute atomic E-state index is 0.0116. The van der Waals surface area contributed by atoms with Gasteiger partial charge < -0.3 is 14.7 Å². The number of hydrogen-bond donors (Lipinski definition) is 1. The smallest absolute Gasteiger partial charge is 0.317 e. The topological polar surface area (TPSA) is 74.5 Å². The summed E-state index contributed by atoms with van der Waals surface area (Å²) in [5, 5.41) is 8.90. The molecule has 1 unspecified atom stereocenters. The van der Waals surface area contributed by atoms with Gasteiger partial charge in [0, 0.05) is 32.7 Å². The van der Waals surface area contributed by atoms with Crippen molar-refractivity contribution in [2.24, 2.45) is 0 Å². The number of carbonyl (C=O) groups is 1. The van der Waals surface area contributed by atoms with Crippen molar-refractivity contribution in [1.82, 2.24) is 25.3 Å². The highest BCUT2D eigenvalue weighted by Gasteiger charge is 2.27. The molecule has 0 bridgehead atoms. The number of rotatable bonds is 4. The Kier molecular flexibility index (Phi) is 4.92. The van der Waals surface area contributed by atoms with Crippen molar-refractivity contribution in [3.05, 3.63) is 23.4 Å². The van der Waals surface area contributed by atoms with E-state index in [0.717, 1.165) is 18.0 Å². The van der Waals surface area contributed by atoms with Crippen LogP contribution in [-0.2, 0) is 0 Å². The molecule has 0 spiro atoms. The maximum absolute atomic E-state index is 11.8. The number of aromatic nitrogens is 2. The fourth-order valence-corrected chi connectivity index (χ4v) is 3.29. The lowest BCUT2D eigenvalue weighted by Crippen LogP contribution is -2.52. The van der Waals surface area contributed by atoms with Crippen LogP contribution < -0.4 is 5.32 Å². The van der Waals surface area contributed by atoms with Gasteiger partial charge in [-0.1, -0.05) is 11.2 Å². The molecule has 1 saturated heterocycles. The molecule has 0 aromatic carbocycles. The minimum Gasteiger partial charge on any atom is -0.338 e. The molecule has 2 aromatic heterocycles. The fraction of sp³-hybridized carbons (Fsp3) is 0.533. The van der Waals surface area contributed by atoms with Crippen LogP contribution in [0.2, 0.25) is 0 Å². The van der Waals surface area contributed by atoms with Gasteiger partial charge in [0.25, 0.3) is 0 Å². The molecule has 1 atom stereocenters. The van der Waals surface area contributed by atoms with Crippen molar-refractivity contribution < 1.29 is 9.32 Å². The van der Waals surface area contributed by atoms with Crippen molar-refractivity contribution in [2.75, 3.05) is 32.7 Å². The standard InChI is InChI=1S/C15H21N5O2S/c1-3-16-15(21)20-8-6-19(7-9-20)11(2)14-17-13(18-22-14)12-5-4-10-23-12/h4-5,10-11H,3,6-9H2,1-2H3,(H,16,21). The molecule has 3 rings (SSSR count). The van der Waals surface area contributed by atoms with Gasteiger partial charge in [-0.3, -0.25) is 4.90 Å². The summed E-state index contributed by atoms with van der Waals surface area (Å²) in [6.45, 7) is 7.67. The summed E-state index contributed by atoms with van der Waals surface area (Å²) < 4.78 is 5.43. The molecule has 7 nitrogen and oxygen atoms in total. The first-order valence-electron chi connectivity index (χ1n) is 7.83. The van der Waals surface area contributed by atoms with Crippen LogP contribution in [0.5, 0.6) is 0 Å². The second-order valence-electron chi connectivity index (χ2n) is 5.47. The monoisotopic (exact) mass is 335 g/mol. The van der Waals surface area contributed by atoms with Crippen molar-refractivity contribution >= 4 is 17.4 Å². The summed E-state index contributed by atoms with van der Waals surface area (Å²) >= 11 is 1.60. The maximum Gasteiger partial charge on any atom is 0.317 e. The number of amides is 2. The van der Waals surface area contributed by atoms with E-state index in [1.54, 1.807) is 11.3 Å². The first kappa shape index (κ1) is 15.9. The Bertz CT molecular complexity index is 634. The number of nitrogens with one attached hydrogen (secondary N) is 1. The van der Waals surface area contributed by atoms with Gasteiger partial charge in [-0.15, -0.1) is 11.3 Å². The van der Waals surface area contributed by atoms with Gasteiger partial charge in [0.2, 0.25) is 11.7 Å². The number of piperazine rings is 1. The number of thiophene rings is 1. The molecule has 0 saturated carbocycles. The van der Waals surface area contributed by atoms with Crippen LogP contribution in [0.4, 0.5) is 4.79 Å². The predicted molar refractivity (Wildman–Crippen MR) is 88.2 cm³/mol. The number of nitrogens with zero attached hydrogens (tertiary/aromatic N) is 4. The van der Waals surface area contributed by atoms with E-state index in [1.807, 2.05) is 29.3 Å². The van der Waals surface area contributed by atoms with E-state index in [1.165, 1.54) is 0 Å². The molecule has 1 N–H and O–H groups in total. The molecule has 23 heavy (non-hydrogen) atoms. The summed E-state index contributed by atoms with van der Waals surface area (Å²) in [4.78, 5) is 21.5. The lowest BCUT2D eigenvalue weighted by Gasteiger charge is -2.36. The molecular weight excluding hydrogens is 314 g/mol. The molecule has 1 aliphatic rings. The van der Waals surface area contributed by atoms with E-state index < -0.39 is 0 Å². The van der Waals surface area contributed by atoms with Crippen molar-refractivity contribution in [3.63, 3.8) is 0 Å². The minimum atomic E-state index is 0.0116. The average molecular weight is 335 g/mol. The number of urea groups is 1. The lowest BCUT2D eigenvalue weighted by molar-refractivity contribution is 0.100. The highest BCUT2D eigenvalue weighted by molar-refractivity contribution is 7.13. The summed E-state index contributed by atoms with van der Waals surface area (Å²) in [6.07, 6.45) is 0. The quantitative estimate of drug-likeness (QED) is 0.927.